The van der Waals surface area contributed by atoms with E-state index in [4.69, 9.17) is 0 Å². The Hall–Kier alpha value is -2.12. The summed E-state index contributed by atoms with van der Waals surface area (Å²) in [6.45, 7) is 1.99. The van der Waals surface area contributed by atoms with Crippen LogP contribution < -0.4 is 5.32 Å². The first-order valence-corrected chi connectivity index (χ1v) is 9.60. The van der Waals surface area contributed by atoms with Crippen molar-refractivity contribution >= 4 is 29.0 Å². The van der Waals surface area contributed by atoms with Crippen molar-refractivity contribution in [3.05, 3.63) is 64.9 Å². The average Bonchev–Trinajstić information content (AvgIpc) is 3.29. The third kappa shape index (κ3) is 4.46. The van der Waals surface area contributed by atoms with Crippen molar-refractivity contribution in [3.63, 3.8) is 0 Å². The van der Waals surface area contributed by atoms with E-state index in [0.717, 1.165) is 17.0 Å². The Bertz CT molecular complexity index is 755. The van der Waals surface area contributed by atoms with Gasteiger partial charge in [-0.25, -0.2) is 9.67 Å². The number of hydrogen-bond acceptors (Lipinski definition) is 5. The second-order valence-electron chi connectivity index (χ2n) is 5.29. The van der Waals surface area contributed by atoms with Gasteiger partial charge in [0.05, 0.1) is 17.5 Å². The number of carbonyl (C=O) groups excluding carboxylic acids is 1. The highest BCUT2D eigenvalue weighted by atomic mass is 32.2. The quantitative estimate of drug-likeness (QED) is 0.703. The van der Waals surface area contributed by atoms with Crippen LogP contribution in [0.1, 0.15) is 23.4 Å². The van der Waals surface area contributed by atoms with Crippen LogP contribution >= 0.6 is 23.1 Å². The van der Waals surface area contributed by atoms with Crippen LogP contribution in [0.5, 0.6) is 0 Å². The molecule has 0 spiro atoms. The van der Waals surface area contributed by atoms with Gasteiger partial charge in [-0.15, -0.1) is 23.1 Å². The number of nitrogens with zero attached hydrogens (tertiary/aromatic N) is 3. The monoisotopic (exact) mass is 358 g/mol. The molecular weight excluding hydrogens is 340 g/mol. The van der Waals surface area contributed by atoms with Crippen molar-refractivity contribution < 1.29 is 4.79 Å². The third-order valence-electron chi connectivity index (χ3n) is 3.51. The van der Waals surface area contributed by atoms with Gasteiger partial charge in [-0.2, -0.15) is 5.10 Å². The Morgan fingerprint density at radius 2 is 2.17 bits per heavy atom. The van der Waals surface area contributed by atoms with Crippen LogP contribution in [0, 0.1) is 0 Å². The molecule has 2 aromatic heterocycles. The van der Waals surface area contributed by atoms with Crippen LogP contribution in [0.2, 0.25) is 0 Å². The molecule has 0 saturated heterocycles. The van der Waals surface area contributed by atoms with Crippen LogP contribution in [-0.2, 0) is 10.5 Å². The van der Waals surface area contributed by atoms with Crippen LogP contribution in [0.4, 0.5) is 0 Å². The fourth-order valence-electron chi connectivity index (χ4n) is 2.26. The minimum absolute atomic E-state index is 0.0235. The minimum Gasteiger partial charge on any atom is -0.349 e. The van der Waals surface area contributed by atoms with Gasteiger partial charge in [-0.1, -0.05) is 18.2 Å². The zero-order valence-electron chi connectivity index (χ0n) is 13.3. The van der Waals surface area contributed by atoms with Crippen molar-refractivity contribution in [1.82, 2.24) is 20.1 Å². The lowest BCUT2D eigenvalue weighted by Gasteiger charge is -2.14. The number of rotatable bonds is 7. The molecule has 0 aliphatic rings. The molecule has 5 nitrogen and oxygen atoms in total. The Morgan fingerprint density at radius 3 is 2.83 bits per heavy atom. The predicted molar refractivity (Wildman–Crippen MR) is 98.4 cm³/mol. The number of amides is 1. The van der Waals surface area contributed by atoms with E-state index in [0.29, 0.717) is 5.75 Å². The molecule has 3 aromatic rings. The third-order valence-corrected chi connectivity index (χ3v) is 5.55. The molecule has 0 bridgehead atoms. The maximum atomic E-state index is 12.1. The summed E-state index contributed by atoms with van der Waals surface area (Å²) in [6, 6.07) is 12.0. The van der Waals surface area contributed by atoms with Crippen LogP contribution in [0.15, 0.2) is 54.4 Å². The standard InChI is InChI=1S/C17H18N4OS2/c1-13(20-17(22)10-23-9-16-3-2-8-24-16)14-4-6-15(7-5-14)21-12-18-11-19-21/h2-8,11-13H,9-10H2,1H3,(H,20,22). The molecule has 0 aliphatic carbocycles. The number of benzene rings is 1. The fraction of sp³-hybridized carbons (Fsp3) is 0.235. The molecule has 1 amide bonds. The van der Waals surface area contributed by atoms with Gasteiger partial charge in [0.2, 0.25) is 5.91 Å². The number of aromatic nitrogens is 3. The zero-order chi connectivity index (χ0) is 16.8. The Kier molecular flexibility index (Phi) is 5.66. The Morgan fingerprint density at radius 1 is 1.33 bits per heavy atom. The first kappa shape index (κ1) is 16.7. The van der Waals surface area contributed by atoms with Crippen molar-refractivity contribution in [2.45, 2.75) is 18.7 Å². The number of thioether (sulfide) groups is 1. The summed E-state index contributed by atoms with van der Waals surface area (Å²) in [7, 11) is 0. The van der Waals surface area contributed by atoms with Gasteiger partial charge < -0.3 is 5.32 Å². The first-order valence-electron chi connectivity index (χ1n) is 7.57. The van der Waals surface area contributed by atoms with Crippen molar-refractivity contribution in [3.8, 4) is 5.69 Å². The number of thiophene rings is 1. The van der Waals surface area contributed by atoms with E-state index in [2.05, 4.69) is 26.8 Å². The molecule has 7 heteroatoms. The summed E-state index contributed by atoms with van der Waals surface area (Å²) < 4.78 is 1.70. The van der Waals surface area contributed by atoms with E-state index < -0.39 is 0 Å². The number of hydrogen-bond donors (Lipinski definition) is 1. The summed E-state index contributed by atoms with van der Waals surface area (Å²) in [6.07, 6.45) is 3.16. The van der Waals surface area contributed by atoms with Crippen LogP contribution in [0.25, 0.3) is 5.69 Å². The number of nitrogens with one attached hydrogen (secondary N) is 1. The smallest absolute Gasteiger partial charge is 0.230 e. The average molecular weight is 358 g/mol. The molecule has 1 aromatic carbocycles. The molecule has 0 aliphatic heterocycles. The zero-order valence-corrected chi connectivity index (χ0v) is 14.9. The van der Waals surface area contributed by atoms with Gasteiger partial charge in [0, 0.05) is 10.6 Å². The molecule has 0 radical (unpaired) electrons. The van der Waals surface area contributed by atoms with Gasteiger partial charge in [-0.3, -0.25) is 4.79 Å². The van der Waals surface area contributed by atoms with E-state index in [1.165, 1.54) is 11.2 Å². The summed E-state index contributed by atoms with van der Waals surface area (Å²) in [5.74, 6) is 1.41. The van der Waals surface area contributed by atoms with Gasteiger partial charge in [0.25, 0.3) is 0 Å². The van der Waals surface area contributed by atoms with E-state index in [1.807, 2.05) is 37.3 Å². The Labute approximate surface area is 149 Å². The lowest BCUT2D eigenvalue weighted by atomic mass is 10.1. The molecule has 0 fully saturated rings. The second kappa shape index (κ2) is 8.12. The molecule has 1 N–H and O–H groups in total. The molecule has 1 unspecified atom stereocenters. The van der Waals surface area contributed by atoms with Crippen molar-refractivity contribution in [1.29, 1.82) is 0 Å². The highest BCUT2D eigenvalue weighted by molar-refractivity contribution is 7.99. The summed E-state index contributed by atoms with van der Waals surface area (Å²) in [5, 5.41) is 9.19. The van der Waals surface area contributed by atoms with E-state index in [-0.39, 0.29) is 11.9 Å². The summed E-state index contributed by atoms with van der Waals surface area (Å²) >= 11 is 3.36. The lowest BCUT2D eigenvalue weighted by molar-refractivity contribution is -0.119. The Balaban J connectivity index is 1.48. The van der Waals surface area contributed by atoms with Crippen molar-refractivity contribution in [2.24, 2.45) is 0 Å². The molecular formula is C17H18N4OS2. The maximum Gasteiger partial charge on any atom is 0.230 e. The topological polar surface area (TPSA) is 59.8 Å². The largest absolute Gasteiger partial charge is 0.349 e. The van der Waals surface area contributed by atoms with Gasteiger partial charge in [0.15, 0.2) is 0 Å². The number of carbonyl (C=O) groups is 1. The highest BCUT2D eigenvalue weighted by Crippen LogP contribution is 2.18. The van der Waals surface area contributed by atoms with Gasteiger partial charge >= 0.3 is 0 Å². The maximum absolute atomic E-state index is 12.1. The van der Waals surface area contributed by atoms with E-state index >= 15 is 0 Å². The highest BCUT2D eigenvalue weighted by Gasteiger charge is 2.10. The summed E-state index contributed by atoms with van der Waals surface area (Å²) in [4.78, 5) is 17.3. The molecule has 24 heavy (non-hydrogen) atoms. The van der Waals surface area contributed by atoms with E-state index in [9.17, 15) is 4.79 Å². The molecule has 3 rings (SSSR count). The van der Waals surface area contributed by atoms with Gasteiger partial charge in [0.1, 0.15) is 12.7 Å². The normalized spacial score (nSPS) is 12.0. The fourth-order valence-corrected chi connectivity index (χ4v) is 3.94. The SMILES string of the molecule is CC(NC(=O)CSCc1cccs1)c1ccc(-n2cncn2)cc1. The second-order valence-corrected chi connectivity index (χ2v) is 7.31. The van der Waals surface area contributed by atoms with Gasteiger partial charge in [-0.05, 0) is 36.1 Å². The van der Waals surface area contributed by atoms with Crippen molar-refractivity contribution in [2.75, 3.05) is 5.75 Å². The van der Waals surface area contributed by atoms with E-state index in [1.54, 1.807) is 34.1 Å². The van der Waals surface area contributed by atoms with Crippen LogP contribution in [0.3, 0.4) is 0 Å². The first-order chi connectivity index (χ1) is 11.7. The molecule has 1 atom stereocenters. The molecule has 0 saturated carbocycles. The van der Waals surface area contributed by atoms with Crippen LogP contribution in [-0.4, -0.2) is 26.4 Å². The summed E-state index contributed by atoms with van der Waals surface area (Å²) in [5.41, 5.74) is 2.01. The predicted octanol–water partition coefficient (Wildman–Crippen LogP) is 3.44. The minimum atomic E-state index is -0.0235. The molecule has 2 heterocycles. The molecule has 124 valence electrons. The lowest BCUT2D eigenvalue weighted by Crippen LogP contribution is -2.28.